The van der Waals surface area contributed by atoms with Gasteiger partial charge in [-0.15, -0.1) is 0 Å². The second-order valence-corrected chi connectivity index (χ2v) is 14.5. The van der Waals surface area contributed by atoms with E-state index in [1.807, 2.05) is 5.43 Å². The van der Waals surface area contributed by atoms with Crippen LogP contribution in [0.2, 0.25) is 0 Å². The quantitative estimate of drug-likeness (QED) is 0.0608. The molecule has 1 amide bonds. The first-order valence-corrected chi connectivity index (χ1v) is 16.7. The molecule has 12 heteroatoms. The van der Waals surface area contributed by atoms with Crippen LogP contribution in [-0.2, 0) is 31.7 Å². The van der Waals surface area contributed by atoms with Gasteiger partial charge < -0.3 is 20.4 Å². The van der Waals surface area contributed by atoms with Gasteiger partial charge in [-0.1, -0.05) is 64.3 Å². The first kappa shape index (κ1) is 34.9. The summed E-state index contributed by atoms with van der Waals surface area (Å²) in [6, 6.07) is 8.27. The number of carbonyl (C=O) groups is 2. The van der Waals surface area contributed by atoms with Crippen molar-refractivity contribution in [2.24, 2.45) is 39.8 Å². The highest BCUT2D eigenvalue weighted by Crippen LogP contribution is 2.65. The smallest absolute Gasteiger partial charge is 0.404 e. The van der Waals surface area contributed by atoms with E-state index in [2.05, 4.69) is 76.1 Å². The minimum atomic E-state index is -0.771. The molecule has 248 valence electrons. The van der Waals surface area contributed by atoms with E-state index in [0.717, 1.165) is 24.8 Å². The Labute approximate surface area is 268 Å². The Morgan fingerprint density at radius 1 is 1.18 bits per heavy atom. The number of ketones is 1. The highest BCUT2D eigenvalue weighted by atomic mass is 16.7. The summed E-state index contributed by atoms with van der Waals surface area (Å²) in [5.41, 5.74) is 9.54. The topological polar surface area (TPSA) is 158 Å². The summed E-state index contributed by atoms with van der Waals surface area (Å²) >= 11 is 0. The highest BCUT2D eigenvalue weighted by Gasteiger charge is 2.68. The zero-order valence-corrected chi connectivity index (χ0v) is 27.8. The number of aliphatic imine (C=N–C) groups is 1. The molecule has 5 rings (SSSR count). The van der Waals surface area contributed by atoms with Crippen molar-refractivity contribution in [2.45, 2.75) is 117 Å². The van der Waals surface area contributed by atoms with Gasteiger partial charge in [-0.25, -0.2) is 15.1 Å². The molecule has 1 aromatic rings. The van der Waals surface area contributed by atoms with Gasteiger partial charge in [0.2, 0.25) is 5.91 Å². The van der Waals surface area contributed by atoms with Crippen LogP contribution in [-0.4, -0.2) is 54.0 Å². The van der Waals surface area contributed by atoms with E-state index in [1.165, 1.54) is 5.56 Å². The molecule has 0 unspecified atom stereocenters. The molecule has 1 heterocycles. The monoisotopic (exact) mass is 625 g/mol. The molecule has 4 aliphatic rings. The summed E-state index contributed by atoms with van der Waals surface area (Å²) in [4.78, 5) is 41.7. The SMILES string of the molecule is CCc1ccc(CCC(=O)C[C@@H](CCCN=C(N)N[N+](=O)[O-])C(=O)N[C@@H](CC(C)C)B2O[C@@H]3C[C@H]4C[C@H](C4(C)C)[C@]3(C)O2)cc1. The molecule has 3 saturated carbocycles. The van der Waals surface area contributed by atoms with Crippen molar-refractivity contribution < 1.29 is 23.9 Å². The molecule has 3 aliphatic carbocycles. The molecular weight excluding hydrogens is 573 g/mol. The Balaban J connectivity index is 1.42. The molecule has 0 aromatic heterocycles. The predicted octanol–water partition coefficient (Wildman–Crippen LogP) is 4.43. The summed E-state index contributed by atoms with van der Waals surface area (Å²) in [5, 5.41) is 13.1. The van der Waals surface area contributed by atoms with Crippen LogP contribution < -0.4 is 16.5 Å². The lowest BCUT2D eigenvalue weighted by molar-refractivity contribution is -0.525. The number of aryl methyl sites for hydroxylation is 2. The molecular formula is C33H52BN5O6. The van der Waals surface area contributed by atoms with E-state index in [0.29, 0.717) is 43.9 Å². The summed E-state index contributed by atoms with van der Waals surface area (Å²) in [6.07, 6.45) is 5.64. The number of carbonyl (C=O) groups excluding carboxylic acids is 2. The maximum absolute atomic E-state index is 13.9. The van der Waals surface area contributed by atoms with Gasteiger partial charge in [-0.05, 0) is 86.2 Å². The van der Waals surface area contributed by atoms with Crippen LogP contribution >= 0.6 is 0 Å². The maximum atomic E-state index is 13.9. The third kappa shape index (κ3) is 8.44. The van der Waals surface area contributed by atoms with Gasteiger partial charge in [0.05, 0.1) is 17.6 Å². The number of nitrogens with two attached hydrogens (primary N) is 1. The molecule has 0 radical (unpaired) electrons. The van der Waals surface area contributed by atoms with Gasteiger partial charge in [0.25, 0.3) is 5.96 Å². The number of hydrogen-bond acceptors (Lipinski definition) is 7. The summed E-state index contributed by atoms with van der Waals surface area (Å²) < 4.78 is 13.3. The minimum absolute atomic E-state index is 0.00528. The summed E-state index contributed by atoms with van der Waals surface area (Å²) in [7, 11) is -0.554. The first-order valence-electron chi connectivity index (χ1n) is 16.7. The number of guanidine groups is 1. The van der Waals surface area contributed by atoms with Crippen LogP contribution in [0.5, 0.6) is 0 Å². The molecule has 1 saturated heterocycles. The van der Waals surface area contributed by atoms with Crippen molar-refractivity contribution in [1.29, 1.82) is 0 Å². The van der Waals surface area contributed by atoms with Gasteiger partial charge in [0, 0.05) is 25.3 Å². The van der Waals surface area contributed by atoms with Crippen LogP contribution in [0.25, 0.3) is 0 Å². The molecule has 6 atom stereocenters. The van der Waals surface area contributed by atoms with Crippen LogP contribution in [0, 0.1) is 39.2 Å². The van der Waals surface area contributed by atoms with Gasteiger partial charge in [0.1, 0.15) is 5.78 Å². The van der Waals surface area contributed by atoms with E-state index in [4.69, 9.17) is 15.0 Å². The second kappa shape index (κ2) is 14.6. The minimum Gasteiger partial charge on any atom is -0.404 e. The maximum Gasteiger partial charge on any atom is 0.481 e. The van der Waals surface area contributed by atoms with E-state index in [1.54, 1.807) is 0 Å². The van der Waals surface area contributed by atoms with Gasteiger partial charge in [0.15, 0.2) is 5.03 Å². The number of nitro groups is 1. The highest BCUT2D eigenvalue weighted by molar-refractivity contribution is 6.47. The van der Waals surface area contributed by atoms with E-state index in [9.17, 15) is 19.7 Å². The lowest BCUT2D eigenvalue weighted by atomic mass is 9.43. The molecule has 0 spiro atoms. The number of nitrogens with zero attached hydrogens (tertiary/aromatic N) is 2. The first-order chi connectivity index (χ1) is 21.2. The zero-order valence-electron chi connectivity index (χ0n) is 27.8. The van der Waals surface area contributed by atoms with Crippen LogP contribution in [0.3, 0.4) is 0 Å². The summed E-state index contributed by atoms with van der Waals surface area (Å²) in [6.45, 7) is 13.3. The van der Waals surface area contributed by atoms with Gasteiger partial charge in [-0.2, -0.15) is 0 Å². The van der Waals surface area contributed by atoms with Crippen LogP contribution in [0.1, 0.15) is 97.6 Å². The van der Waals surface area contributed by atoms with Crippen molar-refractivity contribution in [3.05, 3.63) is 45.5 Å². The molecule has 45 heavy (non-hydrogen) atoms. The average molecular weight is 626 g/mol. The Kier molecular flexibility index (Phi) is 11.3. The van der Waals surface area contributed by atoms with Crippen molar-refractivity contribution in [2.75, 3.05) is 6.54 Å². The molecule has 11 nitrogen and oxygen atoms in total. The second-order valence-electron chi connectivity index (χ2n) is 14.5. The fourth-order valence-electron chi connectivity index (χ4n) is 7.71. The van der Waals surface area contributed by atoms with Crippen LogP contribution in [0.4, 0.5) is 0 Å². The third-order valence-corrected chi connectivity index (χ3v) is 10.5. The lowest BCUT2D eigenvalue weighted by Crippen LogP contribution is -2.65. The Hall–Kier alpha value is -2.99. The zero-order chi connectivity index (χ0) is 32.9. The average Bonchev–Trinajstić information content (AvgIpc) is 3.34. The van der Waals surface area contributed by atoms with Crippen molar-refractivity contribution in [3.8, 4) is 0 Å². The largest absolute Gasteiger partial charge is 0.481 e. The molecule has 1 aliphatic heterocycles. The van der Waals surface area contributed by atoms with Gasteiger partial charge in [-0.3, -0.25) is 9.59 Å². The number of rotatable bonds is 16. The number of benzene rings is 1. The van der Waals surface area contributed by atoms with Crippen LogP contribution in [0.15, 0.2) is 29.3 Å². The molecule has 4 N–H and O–H groups in total. The lowest BCUT2D eigenvalue weighted by Gasteiger charge is -2.64. The third-order valence-electron chi connectivity index (χ3n) is 10.5. The molecule has 1 aromatic carbocycles. The molecule has 2 bridgehead atoms. The fourth-order valence-corrected chi connectivity index (χ4v) is 7.71. The van der Waals surface area contributed by atoms with Gasteiger partial charge >= 0.3 is 7.12 Å². The fraction of sp³-hybridized carbons (Fsp3) is 0.727. The number of amides is 1. The molecule has 4 fully saturated rings. The van der Waals surface area contributed by atoms with E-state index in [-0.39, 0.29) is 59.6 Å². The Bertz CT molecular complexity index is 1240. The number of hydrazine groups is 1. The normalized spacial score (nSPS) is 26.5. The standard InChI is InChI=1S/C33H52BN5O6/c1-7-22-10-12-23(13-11-22)14-15-26(40)18-24(9-8-16-36-31(35)38-39(42)43)30(41)37-29(17-21(2)3)34-44-28-20-25-19-27(32(25,4)5)33(28,6)45-34/h10-13,21,24-25,27-29H,7-9,14-20H2,1-6H3,(H,37,41)(H3,35,36,38)/t24-,25-,27-,28-,29+,33+/m1/s1. The Morgan fingerprint density at radius 2 is 1.87 bits per heavy atom. The van der Waals surface area contributed by atoms with Crippen molar-refractivity contribution in [3.63, 3.8) is 0 Å². The Morgan fingerprint density at radius 3 is 2.49 bits per heavy atom. The van der Waals surface area contributed by atoms with Crippen molar-refractivity contribution >= 4 is 24.8 Å². The predicted molar refractivity (Wildman–Crippen MR) is 175 cm³/mol. The number of nitrogens with one attached hydrogen (secondary N) is 2. The number of hydrogen-bond donors (Lipinski definition) is 3. The number of Topliss-reactive ketones (excluding diaryl/α,β-unsaturated/α-hetero) is 1. The van der Waals surface area contributed by atoms with E-state index < -0.39 is 18.1 Å². The van der Waals surface area contributed by atoms with E-state index >= 15 is 0 Å². The van der Waals surface area contributed by atoms with Crippen molar-refractivity contribution in [1.82, 2.24) is 10.7 Å². The summed E-state index contributed by atoms with van der Waals surface area (Å²) in [5.74, 6) is -0.105.